The van der Waals surface area contributed by atoms with Crippen molar-refractivity contribution in [2.45, 2.75) is 19.3 Å². The standard InChI is InChI=1S/C17H19NO5/c1-17(2,11-4-6-12(22-3)7-5-11)10-18-15(19)13-8-9-14(23-13)16(20)21/h4-9H,10H2,1-3H3,(H,18,19)(H,20,21). The van der Waals surface area contributed by atoms with Gasteiger partial charge in [0.2, 0.25) is 5.76 Å². The minimum absolute atomic E-state index is 0.0204. The highest BCUT2D eigenvalue weighted by atomic mass is 16.5. The van der Waals surface area contributed by atoms with E-state index in [2.05, 4.69) is 5.32 Å². The smallest absolute Gasteiger partial charge is 0.371 e. The van der Waals surface area contributed by atoms with Gasteiger partial charge in [-0.1, -0.05) is 26.0 Å². The Morgan fingerprint density at radius 2 is 1.74 bits per heavy atom. The quantitative estimate of drug-likeness (QED) is 0.855. The zero-order chi connectivity index (χ0) is 17.0. The molecule has 2 aromatic rings. The normalized spacial score (nSPS) is 11.1. The number of hydrogen-bond acceptors (Lipinski definition) is 4. The summed E-state index contributed by atoms with van der Waals surface area (Å²) in [5, 5.41) is 11.6. The molecule has 0 aliphatic heterocycles. The summed E-state index contributed by atoms with van der Waals surface area (Å²) in [6.45, 7) is 4.38. The molecule has 0 atom stereocenters. The van der Waals surface area contributed by atoms with Crippen LogP contribution in [0.15, 0.2) is 40.8 Å². The third-order valence-corrected chi connectivity index (χ3v) is 3.60. The van der Waals surface area contributed by atoms with Crippen LogP contribution in [0, 0.1) is 0 Å². The van der Waals surface area contributed by atoms with Crippen molar-refractivity contribution in [2.75, 3.05) is 13.7 Å². The van der Waals surface area contributed by atoms with E-state index in [0.717, 1.165) is 11.3 Å². The van der Waals surface area contributed by atoms with Gasteiger partial charge >= 0.3 is 5.97 Å². The number of ether oxygens (including phenoxy) is 1. The van der Waals surface area contributed by atoms with Crippen molar-refractivity contribution < 1.29 is 23.8 Å². The summed E-state index contributed by atoms with van der Waals surface area (Å²) in [4.78, 5) is 22.8. The van der Waals surface area contributed by atoms with E-state index in [4.69, 9.17) is 14.3 Å². The first-order valence-electron chi connectivity index (χ1n) is 7.09. The lowest BCUT2D eigenvalue weighted by atomic mass is 9.84. The number of furan rings is 1. The first kappa shape index (κ1) is 16.6. The van der Waals surface area contributed by atoms with Crippen LogP contribution in [0.4, 0.5) is 0 Å². The van der Waals surface area contributed by atoms with Crippen LogP contribution in [0.1, 0.15) is 40.5 Å². The van der Waals surface area contributed by atoms with Gasteiger partial charge in [-0.25, -0.2) is 4.79 Å². The zero-order valence-electron chi connectivity index (χ0n) is 13.3. The van der Waals surface area contributed by atoms with Crippen LogP contribution in [-0.2, 0) is 5.41 Å². The second-order valence-corrected chi connectivity index (χ2v) is 5.76. The maximum atomic E-state index is 12.0. The van der Waals surface area contributed by atoms with Crippen molar-refractivity contribution in [3.63, 3.8) is 0 Å². The molecule has 0 fully saturated rings. The molecule has 6 heteroatoms. The third-order valence-electron chi connectivity index (χ3n) is 3.60. The van der Waals surface area contributed by atoms with Gasteiger partial charge in [0.15, 0.2) is 5.76 Å². The maximum Gasteiger partial charge on any atom is 0.371 e. The average molecular weight is 317 g/mol. The molecule has 122 valence electrons. The molecule has 1 aromatic carbocycles. The number of carbonyl (C=O) groups excluding carboxylic acids is 1. The van der Waals surface area contributed by atoms with Crippen LogP contribution < -0.4 is 10.1 Å². The van der Waals surface area contributed by atoms with Gasteiger partial charge in [-0.15, -0.1) is 0 Å². The van der Waals surface area contributed by atoms with Crippen LogP contribution in [-0.4, -0.2) is 30.6 Å². The molecule has 1 amide bonds. The summed E-state index contributed by atoms with van der Waals surface area (Å²) < 4.78 is 10.1. The number of amides is 1. The molecular weight excluding hydrogens is 298 g/mol. The Morgan fingerprint density at radius 1 is 1.13 bits per heavy atom. The second kappa shape index (κ2) is 6.56. The van der Waals surface area contributed by atoms with Gasteiger partial charge in [0.05, 0.1) is 7.11 Å². The van der Waals surface area contributed by atoms with Crippen molar-refractivity contribution in [1.82, 2.24) is 5.32 Å². The molecule has 0 unspecified atom stereocenters. The first-order valence-corrected chi connectivity index (χ1v) is 7.09. The summed E-state index contributed by atoms with van der Waals surface area (Å²) in [5.41, 5.74) is 0.744. The first-order chi connectivity index (χ1) is 10.8. The summed E-state index contributed by atoms with van der Waals surface area (Å²) in [7, 11) is 1.61. The van der Waals surface area contributed by atoms with Gasteiger partial charge in [0, 0.05) is 12.0 Å². The summed E-state index contributed by atoms with van der Waals surface area (Å²) >= 11 is 0. The topological polar surface area (TPSA) is 88.8 Å². The average Bonchev–Trinajstić information content (AvgIpc) is 3.03. The fraction of sp³-hybridized carbons (Fsp3) is 0.294. The van der Waals surface area contributed by atoms with E-state index in [9.17, 15) is 9.59 Å². The van der Waals surface area contributed by atoms with E-state index in [-0.39, 0.29) is 16.9 Å². The number of benzene rings is 1. The van der Waals surface area contributed by atoms with Crippen molar-refractivity contribution in [1.29, 1.82) is 0 Å². The molecule has 0 saturated carbocycles. The highest BCUT2D eigenvalue weighted by molar-refractivity contribution is 5.93. The number of methoxy groups -OCH3 is 1. The van der Waals surface area contributed by atoms with Crippen molar-refractivity contribution in [2.24, 2.45) is 0 Å². The molecule has 0 radical (unpaired) electrons. The lowest BCUT2D eigenvalue weighted by molar-refractivity contribution is 0.0659. The maximum absolute atomic E-state index is 12.0. The molecule has 2 N–H and O–H groups in total. The number of aromatic carboxylic acids is 1. The monoisotopic (exact) mass is 317 g/mol. The van der Waals surface area contributed by atoms with Crippen LogP contribution in [0.3, 0.4) is 0 Å². The predicted octanol–water partition coefficient (Wildman–Crippen LogP) is 2.69. The number of hydrogen-bond donors (Lipinski definition) is 2. The summed E-state index contributed by atoms with van der Waals surface area (Å²) in [6.07, 6.45) is 0. The molecule has 0 bridgehead atoms. The Hall–Kier alpha value is -2.76. The lowest BCUT2D eigenvalue weighted by Crippen LogP contribution is -2.36. The fourth-order valence-corrected chi connectivity index (χ4v) is 2.11. The molecule has 1 aromatic heterocycles. The molecule has 2 rings (SSSR count). The largest absolute Gasteiger partial charge is 0.497 e. The minimum atomic E-state index is -1.21. The Labute approximate surface area is 134 Å². The Balaban J connectivity index is 2.02. The molecule has 0 saturated heterocycles. The summed E-state index contributed by atoms with van der Waals surface area (Å²) in [6, 6.07) is 10.2. The molecular formula is C17H19NO5. The van der Waals surface area contributed by atoms with Crippen LogP contribution in [0.5, 0.6) is 5.75 Å². The van der Waals surface area contributed by atoms with E-state index >= 15 is 0 Å². The second-order valence-electron chi connectivity index (χ2n) is 5.76. The highest BCUT2D eigenvalue weighted by Gasteiger charge is 2.23. The minimum Gasteiger partial charge on any atom is -0.497 e. The lowest BCUT2D eigenvalue weighted by Gasteiger charge is -2.25. The Bertz CT molecular complexity index is 700. The van der Waals surface area contributed by atoms with Gasteiger partial charge in [-0.3, -0.25) is 4.79 Å². The third kappa shape index (κ3) is 3.91. The van der Waals surface area contributed by atoms with Gasteiger partial charge in [0.25, 0.3) is 5.91 Å². The molecule has 0 aliphatic rings. The van der Waals surface area contributed by atoms with Gasteiger partial charge in [-0.05, 0) is 29.8 Å². The van der Waals surface area contributed by atoms with Crippen LogP contribution in [0.25, 0.3) is 0 Å². The SMILES string of the molecule is COc1ccc(C(C)(C)CNC(=O)c2ccc(C(=O)O)o2)cc1. The Kier molecular flexibility index (Phi) is 4.74. The van der Waals surface area contributed by atoms with Crippen molar-refractivity contribution in [3.05, 3.63) is 53.5 Å². The summed E-state index contributed by atoms with van der Waals surface area (Å²) in [5.74, 6) is -1.16. The zero-order valence-corrected chi connectivity index (χ0v) is 13.3. The molecule has 1 heterocycles. The number of rotatable bonds is 6. The van der Waals surface area contributed by atoms with E-state index in [1.54, 1.807) is 7.11 Å². The van der Waals surface area contributed by atoms with Crippen molar-refractivity contribution >= 4 is 11.9 Å². The number of carboxylic acid groups (broad SMARTS) is 1. The van der Waals surface area contributed by atoms with Crippen molar-refractivity contribution in [3.8, 4) is 5.75 Å². The highest BCUT2D eigenvalue weighted by Crippen LogP contribution is 2.24. The van der Waals surface area contributed by atoms with Gasteiger partial charge < -0.3 is 19.6 Å². The predicted molar refractivity (Wildman–Crippen MR) is 84.0 cm³/mol. The van der Waals surface area contributed by atoms with Crippen LogP contribution >= 0.6 is 0 Å². The molecule has 0 aliphatic carbocycles. The number of nitrogens with one attached hydrogen (secondary N) is 1. The molecule has 23 heavy (non-hydrogen) atoms. The molecule has 6 nitrogen and oxygen atoms in total. The number of carbonyl (C=O) groups is 2. The Morgan fingerprint density at radius 3 is 2.26 bits per heavy atom. The van der Waals surface area contributed by atoms with E-state index < -0.39 is 11.9 Å². The fourth-order valence-electron chi connectivity index (χ4n) is 2.11. The van der Waals surface area contributed by atoms with E-state index in [1.165, 1.54) is 12.1 Å². The molecule has 0 spiro atoms. The van der Waals surface area contributed by atoms with Gasteiger partial charge in [0.1, 0.15) is 5.75 Å². The van der Waals surface area contributed by atoms with E-state index in [1.807, 2.05) is 38.1 Å². The van der Waals surface area contributed by atoms with Crippen LogP contribution in [0.2, 0.25) is 0 Å². The van der Waals surface area contributed by atoms with Gasteiger partial charge in [-0.2, -0.15) is 0 Å². The van der Waals surface area contributed by atoms with E-state index in [0.29, 0.717) is 6.54 Å². The number of carboxylic acids is 1.